The number of hydrogen-bond acceptors (Lipinski definition) is 4. The van der Waals surface area contributed by atoms with Gasteiger partial charge in [0.25, 0.3) is 0 Å². The van der Waals surface area contributed by atoms with E-state index in [-0.39, 0.29) is 6.03 Å². The van der Waals surface area contributed by atoms with Gasteiger partial charge in [0.05, 0.1) is 5.69 Å². The van der Waals surface area contributed by atoms with Gasteiger partial charge in [-0.25, -0.2) is 4.79 Å². The van der Waals surface area contributed by atoms with Crippen LogP contribution >= 0.6 is 0 Å². The fraction of sp³-hybridized carbons (Fsp3) is 0.500. The zero-order chi connectivity index (χ0) is 17.8. The monoisotopic (exact) mass is 342 g/mol. The Morgan fingerprint density at radius 2 is 1.84 bits per heavy atom. The lowest BCUT2D eigenvalue weighted by atomic mass is 10.1. The van der Waals surface area contributed by atoms with Crippen LogP contribution in [0.1, 0.15) is 17.0 Å². The lowest BCUT2D eigenvalue weighted by Gasteiger charge is -2.36. The Morgan fingerprint density at radius 1 is 1.16 bits per heavy atom. The Bertz CT molecular complexity index is 719. The molecule has 0 bridgehead atoms. The third kappa shape index (κ3) is 3.92. The number of pyridine rings is 1. The van der Waals surface area contributed by atoms with E-state index in [1.165, 1.54) is 5.56 Å². The summed E-state index contributed by atoms with van der Waals surface area (Å²) in [7, 11) is 1.95. The lowest BCUT2D eigenvalue weighted by molar-refractivity contribution is 0.194. The Balaban J connectivity index is 1.45. The second-order valence-electron chi connectivity index (χ2n) is 6.43. The minimum absolute atomic E-state index is 0.0218. The predicted molar refractivity (Wildman–Crippen MR) is 97.8 cm³/mol. The van der Waals surface area contributed by atoms with Crippen molar-refractivity contribution in [2.75, 3.05) is 37.6 Å². The number of aryl methyl sites for hydroxylation is 2. The Hall–Kier alpha value is -2.57. The first-order valence-corrected chi connectivity index (χ1v) is 8.73. The molecular weight excluding hydrogens is 316 g/mol. The molecule has 0 radical (unpaired) electrons. The molecule has 1 fully saturated rings. The van der Waals surface area contributed by atoms with Crippen molar-refractivity contribution >= 4 is 11.7 Å². The summed E-state index contributed by atoms with van der Waals surface area (Å²) >= 11 is 0. The maximum absolute atomic E-state index is 12.4. The van der Waals surface area contributed by atoms with Gasteiger partial charge in [-0.05, 0) is 38.0 Å². The van der Waals surface area contributed by atoms with Gasteiger partial charge in [0, 0.05) is 63.5 Å². The molecule has 1 saturated heterocycles. The summed E-state index contributed by atoms with van der Waals surface area (Å²) < 4.78 is 1.89. The van der Waals surface area contributed by atoms with Gasteiger partial charge in [0.2, 0.25) is 0 Å². The van der Waals surface area contributed by atoms with Gasteiger partial charge < -0.3 is 15.1 Å². The first kappa shape index (κ1) is 17.3. The zero-order valence-corrected chi connectivity index (χ0v) is 15.2. The van der Waals surface area contributed by atoms with Crippen LogP contribution in [0.5, 0.6) is 0 Å². The highest BCUT2D eigenvalue weighted by Crippen LogP contribution is 2.15. The standard InChI is InChI=1S/C18H26N6O/c1-14-17(15(2)22(3)21-14)6-9-20-18(25)24-12-10-23(11-13-24)16-4-7-19-8-5-16/h4-5,7-8H,6,9-13H2,1-3H3,(H,20,25). The molecule has 25 heavy (non-hydrogen) atoms. The van der Waals surface area contributed by atoms with E-state index in [0.717, 1.165) is 49.7 Å². The molecule has 2 amide bonds. The van der Waals surface area contributed by atoms with Crippen molar-refractivity contribution in [1.82, 2.24) is 25.0 Å². The minimum Gasteiger partial charge on any atom is -0.368 e. The second kappa shape index (κ2) is 7.55. The molecule has 0 unspecified atom stereocenters. The molecule has 2 aromatic rings. The molecule has 2 aromatic heterocycles. The van der Waals surface area contributed by atoms with Crippen molar-refractivity contribution in [1.29, 1.82) is 0 Å². The van der Waals surface area contributed by atoms with Gasteiger partial charge >= 0.3 is 6.03 Å². The SMILES string of the molecule is Cc1nn(C)c(C)c1CCNC(=O)N1CCN(c2ccncc2)CC1. The summed E-state index contributed by atoms with van der Waals surface area (Å²) in [6, 6.07) is 4.04. The van der Waals surface area contributed by atoms with E-state index < -0.39 is 0 Å². The lowest BCUT2D eigenvalue weighted by Crippen LogP contribution is -2.52. The van der Waals surface area contributed by atoms with E-state index in [2.05, 4.69) is 27.2 Å². The zero-order valence-electron chi connectivity index (χ0n) is 15.2. The highest BCUT2D eigenvalue weighted by Gasteiger charge is 2.21. The minimum atomic E-state index is 0.0218. The summed E-state index contributed by atoms with van der Waals surface area (Å²) in [6.07, 6.45) is 4.42. The third-order valence-electron chi connectivity index (χ3n) is 4.90. The van der Waals surface area contributed by atoms with Gasteiger partial charge in [-0.1, -0.05) is 0 Å². The third-order valence-corrected chi connectivity index (χ3v) is 4.90. The molecule has 134 valence electrons. The maximum Gasteiger partial charge on any atom is 0.317 e. The smallest absolute Gasteiger partial charge is 0.317 e. The number of piperazine rings is 1. The summed E-state index contributed by atoms with van der Waals surface area (Å²) in [4.78, 5) is 20.6. The largest absolute Gasteiger partial charge is 0.368 e. The maximum atomic E-state index is 12.4. The van der Waals surface area contributed by atoms with Gasteiger partial charge in [-0.15, -0.1) is 0 Å². The van der Waals surface area contributed by atoms with E-state index in [9.17, 15) is 4.79 Å². The molecule has 0 aromatic carbocycles. The highest BCUT2D eigenvalue weighted by molar-refractivity contribution is 5.74. The average Bonchev–Trinajstić information content (AvgIpc) is 2.88. The normalized spacial score (nSPS) is 14.7. The number of carbonyl (C=O) groups is 1. The van der Waals surface area contributed by atoms with Crippen LogP contribution in [-0.2, 0) is 13.5 Å². The van der Waals surface area contributed by atoms with E-state index in [4.69, 9.17) is 0 Å². The summed E-state index contributed by atoms with van der Waals surface area (Å²) in [5.74, 6) is 0. The number of aromatic nitrogens is 3. The van der Waals surface area contributed by atoms with Crippen molar-refractivity contribution in [2.45, 2.75) is 20.3 Å². The number of rotatable bonds is 4. The molecule has 7 heteroatoms. The van der Waals surface area contributed by atoms with Crippen LogP contribution in [0.2, 0.25) is 0 Å². The number of hydrogen-bond donors (Lipinski definition) is 1. The van der Waals surface area contributed by atoms with Gasteiger partial charge in [0.15, 0.2) is 0 Å². The summed E-state index contributed by atoms with van der Waals surface area (Å²) in [5.41, 5.74) is 4.60. The van der Waals surface area contributed by atoms with Crippen LogP contribution in [-0.4, -0.2) is 58.4 Å². The van der Waals surface area contributed by atoms with Crippen LogP contribution in [0.25, 0.3) is 0 Å². The second-order valence-corrected chi connectivity index (χ2v) is 6.43. The first-order valence-electron chi connectivity index (χ1n) is 8.73. The number of urea groups is 1. The van der Waals surface area contributed by atoms with E-state index in [0.29, 0.717) is 6.54 Å². The molecule has 3 rings (SSSR count). The molecular formula is C18H26N6O. The molecule has 1 aliphatic rings. The van der Waals surface area contributed by atoms with Crippen LogP contribution in [0.4, 0.5) is 10.5 Å². The number of amides is 2. The van der Waals surface area contributed by atoms with Crippen molar-refractivity contribution < 1.29 is 4.79 Å². The van der Waals surface area contributed by atoms with E-state index in [1.807, 2.05) is 35.7 Å². The van der Waals surface area contributed by atoms with E-state index in [1.54, 1.807) is 12.4 Å². The van der Waals surface area contributed by atoms with Crippen molar-refractivity contribution in [2.24, 2.45) is 7.05 Å². The molecule has 0 saturated carbocycles. The van der Waals surface area contributed by atoms with Crippen LogP contribution < -0.4 is 10.2 Å². The van der Waals surface area contributed by atoms with Gasteiger partial charge in [0.1, 0.15) is 0 Å². The number of carbonyl (C=O) groups excluding carboxylic acids is 1. The van der Waals surface area contributed by atoms with Crippen molar-refractivity contribution in [3.63, 3.8) is 0 Å². The fourth-order valence-electron chi connectivity index (χ4n) is 3.31. The Kier molecular flexibility index (Phi) is 5.21. The summed E-state index contributed by atoms with van der Waals surface area (Å²) in [6.45, 7) is 7.88. The van der Waals surface area contributed by atoms with Crippen LogP contribution in [0.15, 0.2) is 24.5 Å². The van der Waals surface area contributed by atoms with E-state index >= 15 is 0 Å². The molecule has 0 atom stereocenters. The van der Waals surface area contributed by atoms with Gasteiger partial charge in [-0.3, -0.25) is 9.67 Å². The van der Waals surface area contributed by atoms with Gasteiger partial charge in [-0.2, -0.15) is 5.10 Å². The Labute approximate surface area is 148 Å². The molecule has 1 N–H and O–H groups in total. The predicted octanol–water partition coefficient (Wildman–Crippen LogP) is 1.51. The number of nitrogens with zero attached hydrogens (tertiary/aromatic N) is 5. The van der Waals surface area contributed by atoms with Crippen molar-refractivity contribution in [3.05, 3.63) is 41.5 Å². The molecule has 1 aliphatic heterocycles. The molecule has 0 spiro atoms. The molecule has 3 heterocycles. The molecule has 7 nitrogen and oxygen atoms in total. The number of anilines is 1. The average molecular weight is 342 g/mol. The Morgan fingerprint density at radius 3 is 2.44 bits per heavy atom. The van der Waals surface area contributed by atoms with Crippen molar-refractivity contribution in [3.8, 4) is 0 Å². The van der Waals surface area contributed by atoms with Crippen LogP contribution in [0.3, 0.4) is 0 Å². The topological polar surface area (TPSA) is 66.3 Å². The molecule has 0 aliphatic carbocycles. The van der Waals surface area contributed by atoms with Crippen LogP contribution in [0, 0.1) is 13.8 Å². The first-order chi connectivity index (χ1) is 12.1. The quantitative estimate of drug-likeness (QED) is 0.915. The summed E-state index contributed by atoms with van der Waals surface area (Å²) in [5, 5.41) is 7.46. The fourth-order valence-corrected chi connectivity index (χ4v) is 3.31. The highest BCUT2D eigenvalue weighted by atomic mass is 16.2. The number of nitrogens with one attached hydrogen (secondary N) is 1.